The number of aromatic hydroxyl groups is 1. The fourth-order valence-corrected chi connectivity index (χ4v) is 3.17. The monoisotopic (exact) mass is 312 g/mol. The number of benzene rings is 1. The van der Waals surface area contributed by atoms with Gasteiger partial charge in [0.05, 0.1) is 5.69 Å². The molecule has 0 saturated carbocycles. The summed E-state index contributed by atoms with van der Waals surface area (Å²) in [7, 11) is 4.23. The Kier molecular flexibility index (Phi) is 4.22. The van der Waals surface area contributed by atoms with Gasteiger partial charge in [-0.1, -0.05) is 6.07 Å². The number of hydrogen-bond donors (Lipinski definition) is 1. The summed E-state index contributed by atoms with van der Waals surface area (Å²) in [5, 5.41) is 18.9. The molecule has 5 heteroatoms. The van der Waals surface area contributed by atoms with Crippen LogP contribution in [0.5, 0.6) is 5.75 Å². The number of phenolic OH excluding ortho intramolecular Hbond substituents is 1. The van der Waals surface area contributed by atoms with Crippen molar-refractivity contribution in [1.29, 1.82) is 0 Å². The van der Waals surface area contributed by atoms with Crippen LogP contribution in [-0.4, -0.2) is 53.4 Å². The molecular formula is C18H24N4O. The van der Waals surface area contributed by atoms with Gasteiger partial charge in [0, 0.05) is 25.2 Å². The molecule has 0 unspecified atom stereocenters. The first kappa shape index (κ1) is 15.7. The van der Waals surface area contributed by atoms with Crippen LogP contribution in [0.25, 0.3) is 11.3 Å². The van der Waals surface area contributed by atoms with Crippen molar-refractivity contribution in [3.63, 3.8) is 0 Å². The van der Waals surface area contributed by atoms with Gasteiger partial charge in [-0.3, -0.25) is 0 Å². The molecule has 0 spiro atoms. The van der Waals surface area contributed by atoms with Gasteiger partial charge in [0.1, 0.15) is 5.75 Å². The van der Waals surface area contributed by atoms with Crippen LogP contribution in [0.1, 0.15) is 17.5 Å². The number of anilines is 1. The van der Waals surface area contributed by atoms with Crippen LogP contribution >= 0.6 is 0 Å². The van der Waals surface area contributed by atoms with Gasteiger partial charge < -0.3 is 14.9 Å². The lowest BCUT2D eigenvalue weighted by Gasteiger charge is -2.25. The first-order chi connectivity index (χ1) is 11.0. The lowest BCUT2D eigenvalue weighted by molar-refractivity contribution is 0.409. The molecule has 1 aromatic heterocycles. The van der Waals surface area contributed by atoms with Gasteiger partial charge in [-0.2, -0.15) is 0 Å². The standard InChI is InChI=1S/C18H24N4O/c1-12-5-6-15(16(23)9-12)18-13(2)10-17(19-20-18)22(4)14-7-8-21(3)11-14/h5-6,9-10,14,23H,7-8,11H2,1-4H3/t14-/m1/s1. The first-order valence-corrected chi connectivity index (χ1v) is 8.01. The number of likely N-dealkylation sites (tertiary alicyclic amines) is 1. The number of aromatic nitrogens is 2. The van der Waals surface area contributed by atoms with E-state index in [9.17, 15) is 5.11 Å². The summed E-state index contributed by atoms with van der Waals surface area (Å²) in [6.07, 6.45) is 1.15. The number of aryl methyl sites for hydroxylation is 2. The molecule has 1 aromatic carbocycles. The van der Waals surface area contributed by atoms with Crippen LogP contribution < -0.4 is 4.90 Å². The third kappa shape index (κ3) is 3.15. The maximum absolute atomic E-state index is 10.2. The molecule has 1 aliphatic rings. The maximum atomic E-state index is 10.2. The zero-order chi connectivity index (χ0) is 16.6. The minimum atomic E-state index is 0.251. The van der Waals surface area contributed by atoms with Crippen LogP contribution in [0.15, 0.2) is 24.3 Å². The van der Waals surface area contributed by atoms with Crippen molar-refractivity contribution >= 4 is 5.82 Å². The fourth-order valence-electron chi connectivity index (χ4n) is 3.17. The summed E-state index contributed by atoms with van der Waals surface area (Å²) < 4.78 is 0. The fraction of sp³-hybridized carbons (Fsp3) is 0.444. The molecule has 0 aliphatic carbocycles. The second-order valence-corrected chi connectivity index (χ2v) is 6.57. The molecular weight excluding hydrogens is 288 g/mol. The zero-order valence-electron chi connectivity index (χ0n) is 14.2. The van der Waals surface area contributed by atoms with Crippen molar-refractivity contribution in [2.24, 2.45) is 0 Å². The largest absolute Gasteiger partial charge is 0.507 e. The first-order valence-electron chi connectivity index (χ1n) is 8.01. The highest BCUT2D eigenvalue weighted by molar-refractivity contribution is 5.70. The minimum Gasteiger partial charge on any atom is -0.507 e. The van der Waals surface area contributed by atoms with Gasteiger partial charge in [-0.25, -0.2) is 0 Å². The van der Waals surface area contributed by atoms with Crippen LogP contribution in [0, 0.1) is 13.8 Å². The van der Waals surface area contributed by atoms with Crippen LogP contribution in [0.3, 0.4) is 0 Å². The minimum absolute atomic E-state index is 0.251. The predicted octanol–water partition coefficient (Wildman–Crippen LogP) is 2.61. The Labute approximate surface area is 137 Å². The molecule has 1 saturated heterocycles. The molecule has 0 bridgehead atoms. The van der Waals surface area contributed by atoms with E-state index in [4.69, 9.17) is 0 Å². The van der Waals surface area contributed by atoms with E-state index >= 15 is 0 Å². The molecule has 1 fully saturated rings. The van der Waals surface area contributed by atoms with Crippen LogP contribution in [-0.2, 0) is 0 Å². The van der Waals surface area contributed by atoms with Gasteiger partial charge in [-0.05, 0) is 63.2 Å². The van der Waals surface area contributed by atoms with E-state index in [0.29, 0.717) is 6.04 Å². The molecule has 122 valence electrons. The number of nitrogens with zero attached hydrogens (tertiary/aromatic N) is 4. The van der Waals surface area contributed by atoms with Crippen LogP contribution in [0.2, 0.25) is 0 Å². The summed E-state index contributed by atoms with van der Waals surface area (Å²) in [6.45, 7) is 6.15. The summed E-state index contributed by atoms with van der Waals surface area (Å²) in [5.74, 6) is 1.14. The van der Waals surface area contributed by atoms with Gasteiger partial charge in [-0.15, -0.1) is 10.2 Å². The van der Waals surface area contributed by atoms with E-state index in [2.05, 4.69) is 40.2 Å². The summed E-state index contributed by atoms with van der Waals surface area (Å²) in [4.78, 5) is 4.54. The summed E-state index contributed by atoms with van der Waals surface area (Å²) in [6, 6.07) is 8.17. The molecule has 1 atom stereocenters. The molecule has 5 nitrogen and oxygen atoms in total. The van der Waals surface area contributed by atoms with Crippen molar-refractivity contribution in [2.75, 3.05) is 32.1 Å². The summed E-state index contributed by atoms with van der Waals surface area (Å²) >= 11 is 0. The third-order valence-corrected chi connectivity index (χ3v) is 4.66. The van der Waals surface area contributed by atoms with E-state index in [1.54, 1.807) is 6.07 Å². The van der Waals surface area contributed by atoms with E-state index in [-0.39, 0.29) is 5.75 Å². The van der Waals surface area contributed by atoms with Crippen LogP contribution in [0.4, 0.5) is 5.82 Å². The normalized spacial score (nSPS) is 18.3. The highest BCUT2D eigenvalue weighted by Crippen LogP contribution is 2.31. The smallest absolute Gasteiger partial charge is 0.151 e. The Balaban J connectivity index is 1.88. The third-order valence-electron chi connectivity index (χ3n) is 4.66. The molecule has 2 heterocycles. The lowest BCUT2D eigenvalue weighted by atomic mass is 10.0. The molecule has 2 aromatic rings. The molecule has 1 N–H and O–H groups in total. The molecule has 1 aliphatic heterocycles. The van der Waals surface area contributed by atoms with Gasteiger partial charge in [0.25, 0.3) is 0 Å². The molecule has 0 amide bonds. The lowest BCUT2D eigenvalue weighted by Crippen LogP contribution is -2.34. The topological polar surface area (TPSA) is 52.5 Å². The predicted molar refractivity (Wildman–Crippen MR) is 92.9 cm³/mol. The molecule has 0 radical (unpaired) electrons. The highest BCUT2D eigenvalue weighted by Gasteiger charge is 2.24. The van der Waals surface area contributed by atoms with E-state index in [0.717, 1.165) is 47.7 Å². The Morgan fingerprint density at radius 2 is 2.00 bits per heavy atom. The Hall–Kier alpha value is -2.14. The van der Waals surface area contributed by atoms with Crippen molar-refractivity contribution < 1.29 is 5.11 Å². The molecule has 23 heavy (non-hydrogen) atoms. The quantitative estimate of drug-likeness (QED) is 0.944. The van der Waals surface area contributed by atoms with Crippen molar-refractivity contribution in [1.82, 2.24) is 15.1 Å². The summed E-state index contributed by atoms with van der Waals surface area (Å²) in [5.41, 5.74) is 3.52. The number of likely N-dealkylation sites (N-methyl/N-ethyl adjacent to an activating group) is 2. The maximum Gasteiger partial charge on any atom is 0.151 e. The Morgan fingerprint density at radius 3 is 2.61 bits per heavy atom. The average molecular weight is 312 g/mol. The highest BCUT2D eigenvalue weighted by atomic mass is 16.3. The van der Waals surface area contributed by atoms with Crippen molar-refractivity contribution in [3.05, 3.63) is 35.4 Å². The number of rotatable bonds is 3. The number of hydrogen-bond acceptors (Lipinski definition) is 5. The SMILES string of the molecule is Cc1ccc(-c2nnc(N(C)[C@@H]3CCN(C)C3)cc2C)c(O)c1. The Bertz CT molecular complexity index is 716. The number of phenols is 1. The van der Waals surface area contributed by atoms with Gasteiger partial charge >= 0.3 is 0 Å². The van der Waals surface area contributed by atoms with E-state index in [1.807, 2.05) is 26.0 Å². The van der Waals surface area contributed by atoms with E-state index in [1.165, 1.54) is 0 Å². The Morgan fingerprint density at radius 1 is 1.22 bits per heavy atom. The van der Waals surface area contributed by atoms with Crippen molar-refractivity contribution in [2.45, 2.75) is 26.3 Å². The van der Waals surface area contributed by atoms with Gasteiger partial charge in [0.15, 0.2) is 5.82 Å². The van der Waals surface area contributed by atoms with E-state index < -0.39 is 0 Å². The van der Waals surface area contributed by atoms with Crippen molar-refractivity contribution in [3.8, 4) is 17.0 Å². The zero-order valence-corrected chi connectivity index (χ0v) is 14.2. The second-order valence-electron chi connectivity index (χ2n) is 6.57. The second kappa shape index (κ2) is 6.16. The average Bonchev–Trinajstić information content (AvgIpc) is 2.94. The van der Waals surface area contributed by atoms with Gasteiger partial charge in [0.2, 0.25) is 0 Å². The molecule has 3 rings (SSSR count).